The van der Waals surface area contributed by atoms with Crippen molar-refractivity contribution in [2.45, 2.75) is 25.4 Å². The Balaban J connectivity index is 2.06. The van der Waals surface area contributed by atoms with E-state index >= 15 is 0 Å². The molecule has 1 atom stereocenters. The molecule has 0 aromatic heterocycles. The van der Waals surface area contributed by atoms with Gasteiger partial charge in [-0.05, 0) is 18.6 Å². The van der Waals surface area contributed by atoms with Crippen molar-refractivity contribution in [3.63, 3.8) is 0 Å². The van der Waals surface area contributed by atoms with E-state index in [1.807, 2.05) is 0 Å². The Labute approximate surface area is 136 Å². The van der Waals surface area contributed by atoms with Crippen molar-refractivity contribution in [1.29, 1.82) is 0 Å². The third-order valence-electron chi connectivity index (χ3n) is 4.23. The van der Waals surface area contributed by atoms with E-state index in [1.165, 1.54) is 0 Å². The van der Waals surface area contributed by atoms with Gasteiger partial charge in [-0.2, -0.15) is 0 Å². The summed E-state index contributed by atoms with van der Waals surface area (Å²) in [6.45, 7) is 2.29. The van der Waals surface area contributed by atoms with Crippen LogP contribution in [0.3, 0.4) is 0 Å². The summed E-state index contributed by atoms with van der Waals surface area (Å²) in [5, 5.41) is 10.5. The lowest BCUT2D eigenvalue weighted by Gasteiger charge is -2.27. The lowest BCUT2D eigenvalue weighted by Crippen LogP contribution is -2.35. The summed E-state index contributed by atoms with van der Waals surface area (Å²) in [5.41, 5.74) is 0.679. The van der Waals surface area contributed by atoms with Crippen LogP contribution in [0.2, 0.25) is 0 Å². The average Bonchev–Trinajstić information content (AvgIpc) is 2.59. The second kappa shape index (κ2) is 8.17. The number of benzene rings is 1. The summed E-state index contributed by atoms with van der Waals surface area (Å²) in [6.07, 6.45) is 1.12. The Bertz CT molecular complexity index is 536. The van der Waals surface area contributed by atoms with Crippen LogP contribution in [0.25, 0.3) is 0 Å². The number of carbonyl (C=O) groups excluding carboxylic acids is 1. The second-order valence-corrected chi connectivity index (χ2v) is 5.61. The Kier molecular flexibility index (Phi) is 6.24. The molecule has 23 heavy (non-hydrogen) atoms. The predicted molar refractivity (Wildman–Crippen MR) is 86.4 cm³/mol. The SMILES string of the molecule is COc1ccc(C(O)CCN2CCC(=O)CC2)c(OC)c1OC. The number of rotatable bonds is 7. The van der Waals surface area contributed by atoms with Crippen LogP contribution in [0, 0.1) is 0 Å². The van der Waals surface area contributed by atoms with Crippen LogP contribution >= 0.6 is 0 Å². The molecule has 0 aliphatic carbocycles. The zero-order valence-electron chi connectivity index (χ0n) is 14.0. The summed E-state index contributed by atoms with van der Waals surface area (Å²) >= 11 is 0. The molecule has 128 valence electrons. The smallest absolute Gasteiger partial charge is 0.203 e. The first-order chi connectivity index (χ1) is 11.1. The maximum absolute atomic E-state index is 11.3. The molecule has 1 fully saturated rings. The van der Waals surface area contributed by atoms with Gasteiger partial charge in [-0.25, -0.2) is 0 Å². The zero-order valence-corrected chi connectivity index (χ0v) is 14.0. The minimum Gasteiger partial charge on any atom is -0.493 e. The van der Waals surface area contributed by atoms with Crippen molar-refractivity contribution < 1.29 is 24.1 Å². The summed E-state index contributed by atoms with van der Waals surface area (Å²) in [6, 6.07) is 3.56. The number of likely N-dealkylation sites (tertiary alicyclic amines) is 1. The maximum atomic E-state index is 11.3. The highest BCUT2D eigenvalue weighted by atomic mass is 16.5. The molecule has 0 amide bonds. The molecule has 1 heterocycles. The van der Waals surface area contributed by atoms with Gasteiger partial charge in [0.2, 0.25) is 5.75 Å². The van der Waals surface area contributed by atoms with Crippen molar-refractivity contribution in [3.05, 3.63) is 17.7 Å². The van der Waals surface area contributed by atoms with Gasteiger partial charge < -0.3 is 24.2 Å². The van der Waals surface area contributed by atoms with E-state index in [0.29, 0.717) is 47.9 Å². The number of piperidine rings is 1. The molecule has 1 aliphatic heterocycles. The fourth-order valence-electron chi connectivity index (χ4n) is 2.87. The molecule has 6 heteroatoms. The first-order valence-electron chi connectivity index (χ1n) is 7.81. The number of hydrogen-bond acceptors (Lipinski definition) is 6. The summed E-state index contributed by atoms with van der Waals surface area (Å²) in [4.78, 5) is 13.5. The number of methoxy groups -OCH3 is 3. The van der Waals surface area contributed by atoms with E-state index in [2.05, 4.69) is 4.90 Å². The molecule has 1 unspecified atom stereocenters. The fourth-order valence-corrected chi connectivity index (χ4v) is 2.87. The molecule has 1 aromatic rings. The molecule has 1 aromatic carbocycles. The first-order valence-corrected chi connectivity index (χ1v) is 7.81. The van der Waals surface area contributed by atoms with E-state index in [-0.39, 0.29) is 0 Å². The van der Waals surface area contributed by atoms with Crippen LogP contribution in [0.1, 0.15) is 30.9 Å². The summed E-state index contributed by atoms with van der Waals surface area (Å²) in [5.74, 6) is 1.86. The highest BCUT2D eigenvalue weighted by Crippen LogP contribution is 2.42. The van der Waals surface area contributed by atoms with Crippen molar-refractivity contribution in [2.24, 2.45) is 0 Å². The van der Waals surface area contributed by atoms with E-state index in [1.54, 1.807) is 33.5 Å². The highest BCUT2D eigenvalue weighted by molar-refractivity contribution is 5.79. The van der Waals surface area contributed by atoms with Crippen molar-refractivity contribution in [1.82, 2.24) is 4.90 Å². The highest BCUT2D eigenvalue weighted by Gasteiger charge is 2.22. The topological polar surface area (TPSA) is 68.2 Å². The Hall–Kier alpha value is -1.79. The molecule has 1 N–H and O–H groups in total. The number of hydrogen-bond donors (Lipinski definition) is 1. The van der Waals surface area contributed by atoms with Gasteiger partial charge in [-0.3, -0.25) is 4.79 Å². The average molecular weight is 323 g/mol. The molecule has 6 nitrogen and oxygen atoms in total. The van der Waals surface area contributed by atoms with Gasteiger partial charge in [0.25, 0.3) is 0 Å². The summed E-state index contributed by atoms with van der Waals surface area (Å²) in [7, 11) is 4.65. The number of Topliss-reactive ketones (excluding diaryl/α,β-unsaturated/α-hetero) is 1. The van der Waals surface area contributed by atoms with E-state index in [0.717, 1.165) is 19.6 Å². The molecule has 1 saturated heterocycles. The van der Waals surface area contributed by atoms with Crippen LogP contribution in [0.4, 0.5) is 0 Å². The Morgan fingerprint density at radius 1 is 1.09 bits per heavy atom. The minimum absolute atomic E-state index is 0.323. The number of aliphatic hydroxyl groups excluding tert-OH is 1. The summed E-state index contributed by atoms with van der Waals surface area (Å²) < 4.78 is 16.0. The van der Waals surface area contributed by atoms with Gasteiger partial charge >= 0.3 is 0 Å². The molecule has 0 saturated carbocycles. The largest absolute Gasteiger partial charge is 0.493 e. The third kappa shape index (κ3) is 4.14. The molecule has 0 bridgehead atoms. The van der Waals surface area contributed by atoms with E-state index in [4.69, 9.17) is 14.2 Å². The minimum atomic E-state index is -0.664. The van der Waals surface area contributed by atoms with Crippen LogP contribution < -0.4 is 14.2 Å². The van der Waals surface area contributed by atoms with Gasteiger partial charge in [0.1, 0.15) is 5.78 Å². The van der Waals surface area contributed by atoms with Gasteiger partial charge in [0, 0.05) is 38.0 Å². The van der Waals surface area contributed by atoms with Crippen molar-refractivity contribution in [2.75, 3.05) is 41.0 Å². The predicted octanol–water partition coefficient (Wildman–Crippen LogP) is 1.80. The first kappa shape index (κ1) is 17.6. The quantitative estimate of drug-likeness (QED) is 0.825. The number of carbonyl (C=O) groups is 1. The van der Waals surface area contributed by atoms with Crippen LogP contribution in [0.5, 0.6) is 17.2 Å². The lowest BCUT2D eigenvalue weighted by molar-refractivity contribution is -0.121. The van der Waals surface area contributed by atoms with Gasteiger partial charge in [0.05, 0.1) is 27.4 Å². The number of nitrogens with zero attached hydrogens (tertiary/aromatic N) is 1. The van der Waals surface area contributed by atoms with Crippen molar-refractivity contribution >= 4 is 5.78 Å². The number of ketones is 1. The van der Waals surface area contributed by atoms with Crippen LogP contribution in [-0.2, 0) is 4.79 Å². The fraction of sp³-hybridized carbons (Fsp3) is 0.588. The molecular formula is C17H25NO5. The normalized spacial score (nSPS) is 17.0. The Morgan fingerprint density at radius 3 is 2.30 bits per heavy atom. The van der Waals surface area contributed by atoms with Gasteiger partial charge in [0.15, 0.2) is 11.5 Å². The van der Waals surface area contributed by atoms with Crippen molar-refractivity contribution in [3.8, 4) is 17.2 Å². The van der Waals surface area contributed by atoms with Gasteiger partial charge in [-0.1, -0.05) is 0 Å². The molecule has 0 spiro atoms. The monoisotopic (exact) mass is 323 g/mol. The molecule has 1 aliphatic rings. The standard InChI is InChI=1S/C17H25NO5/c1-21-15-5-4-13(16(22-2)17(15)23-3)14(20)8-11-18-9-6-12(19)7-10-18/h4-5,14,20H,6-11H2,1-3H3. The third-order valence-corrected chi connectivity index (χ3v) is 4.23. The molecular weight excluding hydrogens is 298 g/mol. The zero-order chi connectivity index (χ0) is 16.8. The second-order valence-electron chi connectivity index (χ2n) is 5.61. The molecule has 0 radical (unpaired) electrons. The number of aliphatic hydroxyl groups is 1. The Morgan fingerprint density at radius 2 is 1.74 bits per heavy atom. The number of ether oxygens (including phenoxy) is 3. The molecule has 2 rings (SSSR count). The van der Waals surface area contributed by atoms with Crippen LogP contribution in [-0.4, -0.2) is 56.8 Å². The van der Waals surface area contributed by atoms with E-state index in [9.17, 15) is 9.90 Å². The van der Waals surface area contributed by atoms with E-state index < -0.39 is 6.10 Å². The maximum Gasteiger partial charge on any atom is 0.203 e. The van der Waals surface area contributed by atoms with Gasteiger partial charge in [-0.15, -0.1) is 0 Å². The lowest BCUT2D eigenvalue weighted by atomic mass is 10.0. The van der Waals surface area contributed by atoms with Crippen LogP contribution in [0.15, 0.2) is 12.1 Å².